The molecule has 2 aromatic carbocycles. The van der Waals surface area contributed by atoms with Gasteiger partial charge in [0.25, 0.3) is 10.0 Å². The van der Waals surface area contributed by atoms with Crippen molar-refractivity contribution in [2.24, 2.45) is 0 Å². The van der Waals surface area contributed by atoms with E-state index in [0.717, 1.165) is 9.64 Å². The van der Waals surface area contributed by atoms with Gasteiger partial charge in [-0.2, -0.15) is 0 Å². The van der Waals surface area contributed by atoms with Gasteiger partial charge in [0.2, 0.25) is 0 Å². The third-order valence-corrected chi connectivity index (χ3v) is 4.49. The fraction of sp³-hybridized carbons (Fsp3) is 0. The highest BCUT2D eigenvalue weighted by Gasteiger charge is 2.19. The molecule has 2 aromatic rings. The quantitative estimate of drug-likeness (QED) is 0.624. The molecule has 0 heterocycles. The van der Waals surface area contributed by atoms with Gasteiger partial charge in [0.05, 0.1) is 5.69 Å². The van der Waals surface area contributed by atoms with Crippen molar-refractivity contribution in [3.8, 4) is 0 Å². The van der Waals surface area contributed by atoms with Crippen molar-refractivity contribution in [2.45, 2.75) is 4.90 Å². The van der Waals surface area contributed by atoms with Crippen LogP contribution >= 0.6 is 22.6 Å². The Morgan fingerprint density at radius 1 is 1.16 bits per heavy atom. The predicted molar refractivity (Wildman–Crippen MR) is 80.8 cm³/mol. The van der Waals surface area contributed by atoms with Gasteiger partial charge in [-0.05, 0) is 52.9 Å². The van der Waals surface area contributed by atoms with Gasteiger partial charge in [-0.15, -0.1) is 0 Å². The number of hydrogen-bond acceptors (Lipinski definition) is 3. The molecule has 0 aromatic heterocycles. The highest BCUT2D eigenvalue weighted by Crippen LogP contribution is 2.24. The highest BCUT2D eigenvalue weighted by atomic mass is 127. The maximum absolute atomic E-state index is 13.3. The van der Waals surface area contributed by atoms with Crippen molar-refractivity contribution in [1.29, 1.82) is 0 Å². The first-order valence-corrected chi connectivity index (χ1v) is 7.79. The van der Waals surface area contributed by atoms with Gasteiger partial charge in [-0.25, -0.2) is 12.8 Å². The number of nitrogens with one attached hydrogen (secondary N) is 1. The van der Waals surface area contributed by atoms with Crippen LogP contribution in [0.25, 0.3) is 0 Å². The van der Waals surface area contributed by atoms with E-state index in [-0.39, 0.29) is 10.6 Å². The van der Waals surface area contributed by atoms with E-state index in [0.29, 0.717) is 5.69 Å². The Morgan fingerprint density at radius 2 is 1.84 bits per heavy atom. The second kappa shape index (κ2) is 5.33. The molecule has 0 fully saturated rings. The third-order valence-electron chi connectivity index (χ3n) is 2.38. The number of halogens is 2. The SMILES string of the molecule is Nc1c(F)cccc1S(=O)(=O)Nc1cccc(I)c1. The second-order valence-corrected chi connectivity index (χ2v) is 6.66. The molecular formula is C12H10FIN2O2S. The summed E-state index contributed by atoms with van der Waals surface area (Å²) in [7, 11) is -3.90. The topological polar surface area (TPSA) is 72.2 Å². The standard InChI is InChI=1S/C12H10FIN2O2S/c13-10-5-2-6-11(12(10)15)19(17,18)16-9-4-1-3-8(14)7-9/h1-7,16H,15H2. The minimum Gasteiger partial charge on any atom is -0.395 e. The molecule has 0 aliphatic heterocycles. The van der Waals surface area contributed by atoms with Crippen LogP contribution in [-0.4, -0.2) is 8.42 Å². The van der Waals surface area contributed by atoms with Crippen molar-refractivity contribution in [1.82, 2.24) is 0 Å². The summed E-state index contributed by atoms with van der Waals surface area (Å²) in [6.07, 6.45) is 0. The first-order chi connectivity index (χ1) is 8.90. The van der Waals surface area contributed by atoms with Crippen molar-refractivity contribution in [3.05, 3.63) is 51.9 Å². The molecule has 7 heteroatoms. The van der Waals surface area contributed by atoms with Crippen molar-refractivity contribution < 1.29 is 12.8 Å². The van der Waals surface area contributed by atoms with Crippen LogP contribution in [0, 0.1) is 9.39 Å². The Bertz CT molecular complexity index is 719. The monoisotopic (exact) mass is 392 g/mol. The number of para-hydroxylation sites is 1. The van der Waals surface area contributed by atoms with Crippen LogP contribution in [0.3, 0.4) is 0 Å². The fourth-order valence-electron chi connectivity index (χ4n) is 1.51. The lowest BCUT2D eigenvalue weighted by atomic mass is 10.3. The van der Waals surface area contributed by atoms with E-state index < -0.39 is 15.8 Å². The molecule has 100 valence electrons. The summed E-state index contributed by atoms with van der Waals surface area (Å²) in [5.41, 5.74) is 5.47. The summed E-state index contributed by atoms with van der Waals surface area (Å²) in [5.74, 6) is -0.759. The lowest BCUT2D eigenvalue weighted by molar-refractivity contribution is 0.597. The first kappa shape index (κ1) is 14.1. The van der Waals surface area contributed by atoms with E-state index in [1.165, 1.54) is 12.1 Å². The third kappa shape index (κ3) is 3.16. The Morgan fingerprint density at radius 3 is 2.53 bits per heavy atom. The van der Waals surface area contributed by atoms with Crippen molar-refractivity contribution in [2.75, 3.05) is 10.5 Å². The zero-order valence-corrected chi connectivity index (χ0v) is 12.6. The van der Waals surface area contributed by atoms with E-state index >= 15 is 0 Å². The summed E-state index contributed by atoms with van der Waals surface area (Å²) in [4.78, 5) is -0.272. The molecule has 0 amide bonds. The zero-order valence-electron chi connectivity index (χ0n) is 9.60. The molecule has 0 unspecified atom stereocenters. The molecule has 4 nitrogen and oxygen atoms in total. The minimum atomic E-state index is -3.90. The van der Waals surface area contributed by atoms with Crippen LogP contribution in [-0.2, 0) is 10.0 Å². The van der Waals surface area contributed by atoms with Gasteiger partial charge in [0.1, 0.15) is 10.7 Å². The Balaban J connectivity index is 2.41. The average molecular weight is 392 g/mol. The van der Waals surface area contributed by atoms with E-state index in [2.05, 4.69) is 27.3 Å². The van der Waals surface area contributed by atoms with Crippen LogP contribution in [0.4, 0.5) is 15.8 Å². The summed E-state index contributed by atoms with van der Waals surface area (Å²) in [5, 5.41) is 0. The van der Waals surface area contributed by atoms with Gasteiger partial charge in [-0.3, -0.25) is 4.72 Å². The van der Waals surface area contributed by atoms with E-state index in [4.69, 9.17) is 5.73 Å². The molecule has 0 aliphatic rings. The van der Waals surface area contributed by atoms with Crippen LogP contribution < -0.4 is 10.5 Å². The molecule has 0 saturated heterocycles. The lowest BCUT2D eigenvalue weighted by Crippen LogP contribution is -2.15. The van der Waals surface area contributed by atoms with Crippen molar-refractivity contribution >= 4 is 44.0 Å². The number of anilines is 2. The molecule has 0 radical (unpaired) electrons. The van der Waals surface area contributed by atoms with Crippen molar-refractivity contribution in [3.63, 3.8) is 0 Å². The molecule has 0 aliphatic carbocycles. The number of rotatable bonds is 3. The van der Waals surface area contributed by atoms with Gasteiger partial charge in [-0.1, -0.05) is 12.1 Å². The van der Waals surface area contributed by atoms with Gasteiger partial charge in [0.15, 0.2) is 0 Å². The summed E-state index contributed by atoms with van der Waals surface area (Å²) in [6.45, 7) is 0. The molecule has 19 heavy (non-hydrogen) atoms. The molecule has 2 rings (SSSR count). The van der Waals surface area contributed by atoms with Gasteiger partial charge in [0, 0.05) is 9.26 Å². The Kier molecular flexibility index (Phi) is 3.95. The molecule has 0 bridgehead atoms. The maximum Gasteiger partial charge on any atom is 0.264 e. The number of hydrogen-bond donors (Lipinski definition) is 2. The summed E-state index contributed by atoms with van der Waals surface area (Å²) >= 11 is 2.06. The number of nitrogens with two attached hydrogens (primary N) is 1. The Labute approximate surface area is 124 Å². The first-order valence-electron chi connectivity index (χ1n) is 5.22. The van der Waals surface area contributed by atoms with E-state index in [9.17, 15) is 12.8 Å². The molecule has 0 spiro atoms. The van der Waals surface area contributed by atoms with Crippen LogP contribution in [0.15, 0.2) is 47.4 Å². The van der Waals surface area contributed by atoms with Crippen LogP contribution in [0.2, 0.25) is 0 Å². The number of sulfonamides is 1. The van der Waals surface area contributed by atoms with E-state index in [1.54, 1.807) is 18.2 Å². The maximum atomic E-state index is 13.3. The van der Waals surface area contributed by atoms with Crippen LogP contribution in [0.1, 0.15) is 0 Å². The van der Waals surface area contributed by atoms with Crippen LogP contribution in [0.5, 0.6) is 0 Å². The normalized spacial score (nSPS) is 11.3. The smallest absolute Gasteiger partial charge is 0.264 e. The molecule has 0 saturated carbocycles. The summed E-state index contributed by atoms with van der Waals surface area (Å²) in [6, 6.07) is 10.5. The average Bonchev–Trinajstić information content (AvgIpc) is 2.32. The highest BCUT2D eigenvalue weighted by molar-refractivity contribution is 14.1. The zero-order chi connectivity index (χ0) is 14.0. The second-order valence-electron chi connectivity index (χ2n) is 3.77. The van der Waals surface area contributed by atoms with E-state index in [1.807, 2.05) is 6.07 Å². The summed E-state index contributed by atoms with van der Waals surface area (Å²) < 4.78 is 40.8. The lowest BCUT2D eigenvalue weighted by Gasteiger charge is -2.10. The van der Waals surface area contributed by atoms with Gasteiger partial charge < -0.3 is 5.73 Å². The predicted octanol–water partition coefficient (Wildman–Crippen LogP) is 2.81. The largest absolute Gasteiger partial charge is 0.395 e. The number of benzene rings is 2. The fourth-order valence-corrected chi connectivity index (χ4v) is 3.25. The minimum absolute atomic E-state index is 0.272. The van der Waals surface area contributed by atoms with Gasteiger partial charge >= 0.3 is 0 Å². The molecule has 3 N–H and O–H groups in total. The Hall–Kier alpha value is -1.35. The number of nitrogen functional groups attached to an aromatic ring is 1. The molecule has 0 atom stereocenters. The molecular weight excluding hydrogens is 382 g/mol.